The standard InChI is InChI=1S/C20H26N2O4S/c1-26-19-13-7-6-12-18(19)22(27(2,24)25)16-14-20(23)21-15-8-11-17-9-4-3-5-10-17/h3-7,9-10,12-13H,8,11,14-16H2,1-2H3,(H,21,23). The molecule has 0 saturated carbocycles. The van der Waals surface area contributed by atoms with Gasteiger partial charge in [-0.3, -0.25) is 9.10 Å². The van der Waals surface area contributed by atoms with Gasteiger partial charge in [0, 0.05) is 19.5 Å². The molecule has 0 bridgehead atoms. The fourth-order valence-electron chi connectivity index (χ4n) is 2.76. The van der Waals surface area contributed by atoms with Crippen LogP contribution in [0.3, 0.4) is 0 Å². The summed E-state index contributed by atoms with van der Waals surface area (Å²) in [5.41, 5.74) is 1.66. The van der Waals surface area contributed by atoms with Crippen molar-refractivity contribution >= 4 is 21.6 Å². The van der Waals surface area contributed by atoms with E-state index >= 15 is 0 Å². The predicted octanol–water partition coefficient (Wildman–Crippen LogP) is 2.60. The van der Waals surface area contributed by atoms with E-state index in [2.05, 4.69) is 17.4 Å². The first-order valence-corrected chi connectivity index (χ1v) is 10.7. The molecule has 0 saturated heterocycles. The van der Waals surface area contributed by atoms with Gasteiger partial charge in [-0.2, -0.15) is 0 Å². The van der Waals surface area contributed by atoms with Crippen LogP contribution >= 0.6 is 0 Å². The summed E-state index contributed by atoms with van der Waals surface area (Å²) in [7, 11) is -2.05. The number of ether oxygens (including phenoxy) is 1. The van der Waals surface area contributed by atoms with Gasteiger partial charge in [0.15, 0.2) is 0 Å². The predicted molar refractivity (Wildman–Crippen MR) is 108 cm³/mol. The van der Waals surface area contributed by atoms with Gasteiger partial charge in [-0.15, -0.1) is 0 Å². The molecule has 0 aliphatic rings. The number of amides is 1. The maximum atomic E-state index is 12.2. The fraction of sp³-hybridized carbons (Fsp3) is 0.350. The quantitative estimate of drug-likeness (QED) is 0.633. The molecule has 0 heterocycles. The van der Waals surface area contributed by atoms with Crippen LogP contribution in [0.5, 0.6) is 5.75 Å². The number of rotatable bonds is 10. The molecule has 0 unspecified atom stereocenters. The second kappa shape index (κ2) is 9.97. The summed E-state index contributed by atoms with van der Waals surface area (Å²) in [5, 5.41) is 2.85. The summed E-state index contributed by atoms with van der Waals surface area (Å²) < 4.78 is 30.8. The zero-order chi connectivity index (χ0) is 19.7. The Kier molecular flexibility index (Phi) is 7.67. The zero-order valence-corrected chi connectivity index (χ0v) is 16.5. The second-order valence-corrected chi connectivity index (χ2v) is 8.10. The smallest absolute Gasteiger partial charge is 0.232 e. The third kappa shape index (κ3) is 6.60. The van der Waals surface area contributed by atoms with Crippen molar-refractivity contribution in [3.63, 3.8) is 0 Å². The lowest BCUT2D eigenvalue weighted by atomic mass is 10.1. The lowest BCUT2D eigenvalue weighted by Gasteiger charge is -2.24. The largest absolute Gasteiger partial charge is 0.495 e. The van der Waals surface area contributed by atoms with Gasteiger partial charge in [-0.25, -0.2) is 8.42 Å². The first-order valence-electron chi connectivity index (χ1n) is 8.83. The maximum absolute atomic E-state index is 12.2. The second-order valence-electron chi connectivity index (χ2n) is 6.20. The average Bonchev–Trinajstić information content (AvgIpc) is 2.65. The Morgan fingerprint density at radius 1 is 1.07 bits per heavy atom. The van der Waals surface area contributed by atoms with Crippen LogP contribution < -0.4 is 14.4 Å². The van der Waals surface area contributed by atoms with Crippen LogP contribution in [-0.4, -0.2) is 40.8 Å². The third-order valence-corrected chi connectivity index (χ3v) is 5.28. The number of hydrogen-bond donors (Lipinski definition) is 1. The molecule has 2 aromatic rings. The number of hydrogen-bond acceptors (Lipinski definition) is 4. The van der Waals surface area contributed by atoms with E-state index in [1.54, 1.807) is 24.3 Å². The number of nitrogens with one attached hydrogen (secondary N) is 1. The van der Waals surface area contributed by atoms with E-state index in [9.17, 15) is 13.2 Å². The molecule has 0 aromatic heterocycles. The van der Waals surface area contributed by atoms with Crippen molar-refractivity contribution in [2.45, 2.75) is 19.3 Å². The summed E-state index contributed by atoms with van der Waals surface area (Å²) in [5.74, 6) is 0.276. The van der Waals surface area contributed by atoms with Crippen molar-refractivity contribution in [1.82, 2.24) is 5.32 Å². The molecule has 27 heavy (non-hydrogen) atoms. The first kappa shape index (κ1) is 20.8. The van der Waals surface area contributed by atoms with E-state index < -0.39 is 10.0 Å². The van der Waals surface area contributed by atoms with Gasteiger partial charge in [-0.05, 0) is 30.5 Å². The van der Waals surface area contributed by atoms with Gasteiger partial charge in [-0.1, -0.05) is 42.5 Å². The number of para-hydroxylation sites is 2. The fourth-order valence-corrected chi connectivity index (χ4v) is 3.69. The number of carbonyl (C=O) groups excluding carboxylic acids is 1. The van der Waals surface area contributed by atoms with Crippen molar-refractivity contribution in [2.75, 3.05) is 30.8 Å². The summed E-state index contributed by atoms with van der Waals surface area (Å²) in [6.45, 7) is 0.616. The van der Waals surface area contributed by atoms with Crippen LogP contribution in [0.2, 0.25) is 0 Å². The minimum Gasteiger partial charge on any atom is -0.495 e. The molecule has 146 valence electrons. The number of aryl methyl sites for hydroxylation is 1. The van der Waals surface area contributed by atoms with E-state index in [1.807, 2.05) is 18.2 Å². The Bertz CT molecular complexity index is 838. The number of benzene rings is 2. The highest BCUT2D eigenvalue weighted by atomic mass is 32.2. The highest BCUT2D eigenvalue weighted by molar-refractivity contribution is 7.92. The molecule has 0 fully saturated rings. The molecule has 0 radical (unpaired) electrons. The Morgan fingerprint density at radius 3 is 2.41 bits per heavy atom. The van der Waals surface area contributed by atoms with E-state index in [1.165, 1.54) is 17.0 Å². The van der Waals surface area contributed by atoms with Crippen LogP contribution in [0.15, 0.2) is 54.6 Å². The molecular formula is C20H26N2O4S. The molecule has 1 amide bonds. The molecule has 6 nitrogen and oxygen atoms in total. The summed E-state index contributed by atoms with van der Waals surface area (Å²) in [6.07, 6.45) is 2.92. The molecule has 1 N–H and O–H groups in total. The molecule has 0 spiro atoms. The number of methoxy groups -OCH3 is 1. The van der Waals surface area contributed by atoms with Crippen LogP contribution in [0.1, 0.15) is 18.4 Å². The average molecular weight is 391 g/mol. The Balaban J connectivity index is 1.86. The van der Waals surface area contributed by atoms with Crippen molar-refractivity contribution < 1.29 is 17.9 Å². The number of sulfonamides is 1. The summed E-state index contributed by atoms with van der Waals surface area (Å²) in [4.78, 5) is 12.1. The Hall–Kier alpha value is -2.54. The van der Waals surface area contributed by atoms with Gasteiger partial charge in [0.25, 0.3) is 0 Å². The lowest BCUT2D eigenvalue weighted by molar-refractivity contribution is -0.120. The molecule has 0 aliphatic carbocycles. The van der Waals surface area contributed by atoms with Gasteiger partial charge in [0.2, 0.25) is 15.9 Å². The van der Waals surface area contributed by atoms with E-state index in [0.717, 1.165) is 19.1 Å². The highest BCUT2D eigenvalue weighted by Crippen LogP contribution is 2.29. The molecular weight excluding hydrogens is 364 g/mol. The lowest BCUT2D eigenvalue weighted by Crippen LogP contribution is -2.35. The van der Waals surface area contributed by atoms with Crippen molar-refractivity contribution in [1.29, 1.82) is 0 Å². The van der Waals surface area contributed by atoms with E-state index in [0.29, 0.717) is 18.0 Å². The van der Waals surface area contributed by atoms with Gasteiger partial charge in [0.05, 0.1) is 19.1 Å². The molecule has 0 aliphatic heterocycles. The van der Waals surface area contributed by atoms with Crippen molar-refractivity contribution in [2.24, 2.45) is 0 Å². The Morgan fingerprint density at radius 2 is 1.74 bits per heavy atom. The van der Waals surface area contributed by atoms with Gasteiger partial charge >= 0.3 is 0 Å². The Labute approximate surface area is 161 Å². The third-order valence-electron chi connectivity index (χ3n) is 4.10. The van der Waals surface area contributed by atoms with E-state index in [4.69, 9.17) is 4.74 Å². The highest BCUT2D eigenvalue weighted by Gasteiger charge is 2.21. The van der Waals surface area contributed by atoms with Crippen LogP contribution in [0, 0.1) is 0 Å². The van der Waals surface area contributed by atoms with Crippen LogP contribution in [0.4, 0.5) is 5.69 Å². The zero-order valence-electron chi connectivity index (χ0n) is 15.7. The SMILES string of the molecule is COc1ccccc1N(CCC(=O)NCCCc1ccccc1)S(C)(=O)=O. The molecule has 2 aromatic carbocycles. The molecule has 2 rings (SSSR count). The normalized spacial score (nSPS) is 11.0. The van der Waals surface area contributed by atoms with Gasteiger partial charge in [0.1, 0.15) is 5.75 Å². The molecule has 0 atom stereocenters. The number of nitrogens with zero attached hydrogens (tertiary/aromatic N) is 1. The topological polar surface area (TPSA) is 75.7 Å². The number of anilines is 1. The minimum absolute atomic E-state index is 0.0593. The summed E-state index contributed by atoms with van der Waals surface area (Å²) >= 11 is 0. The van der Waals surface area contributed by atoms with Gasteiger partial charge < -0.3 is 10.1 Å². The number of carbonyl (C=O) groups is 1. The molecule has 7 heteroatoms. The monoisotopic (exact) mass is 390 g/mol. The minimum atomic E-state index is -3.53. The van der Waals surface area contributed by atoms with E-state index in [-0.39, 0.29) is 18.9 Å². The van der Waals surface area contributed by atoms with Crippen molar-refractivity contribution in [3.05, 3.63) is 60.2 Å². The first-order chi connectivity index (χ1) is 12.9. The van der Waals surface area contributed by atoms with Crippen molar-refractivity contribution in [3.8, 4) is 5.75 Å². The van der Waals surface area contributed by atoms with Crippen LogP contribution in [0.25, 0.3) is 0 Å². The maximum Gasteiger partial charge on any atom is 0.232 e. The van der Waals surface area contributed by atoms with Crippen LogP contribution in [-0.2, 0) is 21.2 Å². The summed E-state index contributed by atoms with van der Waals surface area (Å²) in [6, 6.07) is 16.9.